The summed E-state index contributed by atoms with van der Waals surface area (Å²) in [4.78, 5) is 6.66. The molecule has 2 nitrogen and oxygen atoms in total. The molecular formula is C10H18N2. The van der Waals surface area contributed by atoms with Gasteiger partial charge in [0.15, 0.2) is 0 Å². The fraction of sp³-hybridized carbons (Fsp3) is 0.700. The van der Waals surface area contributed by atoms with Crippen molar-refractivity contribution in [1.82, 2.24) is 4.90 Å². The molecule has 0 aliphatic heterocycles. The average molecular weight is 166 g/mol. The Morgan fingerprint density at radius 3 is 2.75 bits per heavy atom. The normalized spacial score (nSPS) is 19.5. The van der Waals surface area contributed by atoms with Crippen LogP contribution in [0.1, 0.15) is 26.7 Å². The third kappa shape index (κ3) is 3.18. The standard InChI is InChI=1S/C10H18N2/c1-4-7-11-9(2)8-12(3)10-5-6-10/h4,7,10H,5-6,8H2,1-3H3/b7-4-,11-9?. The molecule has 0 aromatic rings. The molecular weight excluding hydrogens is 148 g/mol. The van der Waals surface area contributed by atoms with Gasteiger partial charge in [0.2, 0.25) is 0 Å². The summed E-state index contributed by atoms with van der Waals surface area (Å²) in [5.41, 5.74) is 1.20. The van der Waals surface area contributed by atoms with Crippen molar-refractivity contribution >= 4 is 5.71 Å². The number of allylic oxidation sites excluding steroid dienone is 1. The third-order valence-corrected chi connectivity index (χ3v) is 2.09. The molecule has 0 spiro atoms. The van der Waals surface area contributed by atoms with E-state index in [4.69, 9.17) is 0 Å². The van der Waals surface area contributed by atoms with E-state index < -0.39 is 0 Å². The van der Waals surface area contributed by atoms with E-state index in [1.807, 2.05) is 19.2 Å². The van der Waals surface area contributed by atoms with Crippen molar-refractivity contribution in [2.75, 3.05) is 13.6 Å². The number of hydrogen-bond donors (Lipinski definition) is 0. The van der Waals surface area contributed by atoms with Crippen molar-refractivity contribution in [3.63, 3.8) is 0 Å². The zero-order chi connectivity index (χ0) is 8.97. The summed E-state index contributed by atoms with van der Waals surface area (Å²) in [6, 6.07) is 0.834. The summed E-state index contributed by atoms with van der Waals surface area (Å²) in [5, 5.41) is 0. The zero-order valence-electron chi connectivity index (χ0n) is 8.25. The van der Waals surface area contributed by atoms with Crippen LogP contribution in [0.2, 0.25) is 0 Å². The van der Waals surface area contributed by atoms with Crippen molar-refractivity contribution in [3.05, 3.63) is 12.3 Å². The van der Waals surface area contributed by atoms with E-state index in [2.05, 4.69) is 23.9 Å². The van der Waals surface area contributed by atoms with Crippen LogP contribution in [0.5, 0.6) is 0 Å². The molecule has 2 heteroatoms. The smallest absolute Gasteiger partial charge is 0.0364 e. The first kappa shape index (κ1) is 9.46. The molecule has 0 heterocycles. The molecule has 1 fully saturated rings. The first-order valence-corrected chi connectivity index (χ1v) is 4.58. The molecule has 0 aromatic heterocycles. The average Bonchev–Trinajstić information content (AvgIpc) is 2.82. The van der Waals surface area contributed by atoms with Crippen molar-refractivity contribution < 1.29 is 0 Å². The molecule has 68 valence electrons. The first-order valence-electron chi connectivity index (χ1n) is 4.58. The first-order chi connectivity index (χ1) is 5.74. The van der Waals surface area contributed by atoms with Gasteiger partial charge in [-0.15, -0.1) is 0 Å². The van der Waals surface area contributed by atoms with E-state index in [1.165, 1.54) is 18.6 Å². The molecule has 0 bridgehead atoms. The summed E-state index contributed by atoms with van der Waals surface area (Å²) in [5.74, 6) is 0. The Bertz CT molecular complexity index is 190. The van der Waals surface area contributed by atoms with Crippen LogP contribution in [0.4, 0.5) is 0 Å². The minimum Gasteiger partial charge on any atom is -0.298 e. The van der Waals surface area contributed by atoms with Gasteiger partial charge in [-0.05, 0) is 33.7 Å². The van der Waals surface area contributed by atoms with Gasteiger partial charge >= 0.3 is 0 Å². The molecule has 0 radical (unpaired) electrons. The topological polar surface area (TPSA) is 15.6 Å². The number of nitrogens with zero attached hydrogens (tertiary/aromatic N) is 2. The van der Waals surface area contributed by atoms with Crippen LogP contribution in [0.25, 0.3) is 0 Å². The monoisotopic (exact) mass is 166 g/mol. The molecule has 1 aliphatic rings. The zero-order valence-corrected chi connectivity index (χ0v) is 8.25. The minimum absolute atomic E-state index is 0.834. The van der Waals surface area contributed by atoms with Gasteiger partial charge < -0.3 is 0 Å². The van der Waals surface area contributed by atoms with Crippen LogP contribution in [-0.4, -0.2) is 30.2 Å². The second-order valence-electron chi connectivity index (χ2n) is 3.49. The molecule has 0 N–H and O–H groups in total. The maximum absolute atomic E-state index is 4.29. The molecule has 0 aromatic carbocycles. The Morgan fingerprint density at radius 1 is 1.58 bits per heavy atom. The van der Waals surface area contributed by atoms with E-state index in [-0.39, 0.29) is 0 Å². The Labute approximate surface area is 75.0 Å². The summed E-state index contributed by atoms with van der Waals surface area (Å²) in [6.07, 6.45) is 6.55. The summed E-state index contributed by atoms with van der Waals surface area (Å²) < 4.78 is 0. The molecule has 0 atom stereocenters. The molecule has 0 amide bonds. The minimum atomic E-state index is 0.834. The highest BCUT2D eigenvalue weighted by molar-refractivity contribution is 5.84. The van der Waals surface area contributed by atoms with Gasteiger partial charge in [-0.3, -0.25) is 9.89 Å². The van der Waals surface area contributed by atoms with E-state index >= 15 is 0 Å². The van der Waals surface area contributed by atoms with Gasteiger partial charge in [0.05, 0.1) is 0 Å². The third-order valence-electron chi connectivity index (χ3n) is 2.09. The van der Waals surface area contributed by atoms with Crippen LogP contribution in [0, 0.1) is 0 Å². The van der Waals surface area contributed by atoms with Crippen LogP contribution in [0.15, 0.2) is 17.3 Å². The fourth-order valence-electron chi connectivity index (χ4n) is 1.25. The van der Waals surface area contributed by atoms with Gasteiger partial charge in [0.1, 0.15) is 0 Å². The number of rotatable bonds is 4. The van der Waals surface area contributed by atoms with Crippen LogP contribution >= 0.6 is 0 Å². The highest BCUT2D eigenvalue weighted by Gasteiger charge is 2.25. The lowest BCUT2D eigenvalue weighted by Gasteiger charge is -2.14. The summed E-state index contributed by atoms with van der Waals surface area (Å²) in [6.45, 7) is 5.08. The van der Waals surface area contributed by atoms with Crippen LogP contribution in [0.3, 0.4) is 0 Å². The van der Waals surface area contributed by atoms with E-state index in [1.54, 1.807) is 0 Å². The predicted octanol–water partition coefficient (Wildman–Crippen LogP) is 2.08. The van der Waals surface area contributed by atoms with E-state index in [9.17, 15) is 0 Å². The largest absolute Gasteiger partial charge is 0.298 e. The molecule has 1 aliphatic carbocycles. The second kappa shape index (κ2) is 4.41. The quantitative estimate of drug-likeness (QED) is 0.584. The van der Waals surface area contributed by atoms with Gasteiger partial charge in [-0.25, -0.2) is 0 Å². The Balaban J connectivity index is 2.28. The fourth-order valence-corrected chi connectivity index (χ4v) is 1.25. The van der Waals surface area contributed by atoms with Gasteiger partial charge in [0, 0.05) is 24.5 Å². The van der Waals surface area contributed by atoms with Crippen molar-refractivity contribution in [3.8, 4) is 0 Å². The van der Waals surface area contributed by atoms with Crippen molar-refractivity contribution in [2.24, 2.45) is 4.99 Å². The summed E-state index contributed by atoms with van der Waals surface area (Å²) in [7, 11) is 2.17. The van der Waals surface area contributed by atoms with Gasteiger partial charge in [-0.1, -0.05) is 6.08 Å². The second-order valence-corrected chi connectivity index (χ2v) is 3.49. The molecule has 12 heavy (non-hydrogen) atoms. The number of hydrogen-bond acceptors (Lipinski definition) is 2. The highest BCUT2D eigenvalue weighted by atomic mass is 15.2. The maximum atomic E-state index is 4.29. The van der Waals surface area contributed by atoms with Crippen molar-refractivity contribution in [1.29, 1.82) is 0 Å². The lowest BCUT2D eigenvalue weighted by Crippen LogP contribution is -2.26. The summed E-state index contributed by atoms with van der Waals surface area (Å²) >= 11 is 0. The van der Waals surface area contributed by atoms with Crippen LogP contribution in [-0.2, 0) is 0 Å². The Kier molecular flexibility index (Phi) is 3.48. The SMILES string of the molecule is C/C=C\N=C(C)CN(C)C1CC1. The van der Waals surface area contributed by atoms with Gasteiger partial charge in [-0.2, -0.15) is 0 Å². The van der Waals surface area contributed by atoms with E-state index in [0.717, 1.165) is 12.6 Å². The molecule has 1 saturated carbocycles. The molecule has 0 saturated heterocycles. The number of aliphatic imine (C=N–C) groups is 1. The lowest BCUT2D eigenvalue weighted by molar-refractivity contribution is 0.370. The Morgan fingerprint density at radius 2 is 2.25 bits per heavy atom. The van der Waals surface area contributed by atoms with E-state index in [0.29, 0.717) is 0 Å². The predicted molar refractivity (Wildman–Crippen MR) is 53.6 cm³/mol. The maximum Gasteiger partial charge on any atom is 0.0364 e. The van der Waals surface area contributed by atoms with Crippen LogP contribution < -0.4 is 0 Å². The molecule has 0 unspecified atom stereocenters. The molecule has 1 rings (SSSR count). The Hall–Kier alpha value is -0.630. The highest BCUT2D eigenvalue weighted by Crippen LogP contribution is 2.24. The van der Waals surface area contributed by atoms with Gasteiger partial charge in [0.25, 0.3) is 0 Å². The van der Waals surface area contributed by atoms with Crippen molar-refractivity contribution in [2.45, 2.75) is 32.7 Å². The lowest BCUT2D eigenvalue weighted by atomic mass is 10.4.